The van der Waals surface area contributed by atoms with E-state index in [1.54, 1.807) is 27.7 Å². The summed E-state index contributed by atoms with van der Waals surface area (Å²) in [4.78, 5) is 47.3. The van der Waals surface area contributed by atoms with Crippen LogP contribution in [0.2, 0.25) is 0 Å². The number of ether oxygens (including phenoxy) is 2. The molecular weight excluding hydrogens is 825 g/mol. The Morgan fingerprint density at radius 1 is 0.417 bits per heavy atom. The van der Waals surface area contributed by atoms with Crippen LogP contribution in [-0.2, 0) is 42.2 Å². The quantitative estimate of drug-likeness (QED) is 0.0640. The van der Waals surface area contributed by atoms with Crippen LogP contribution in [0.3, 0.4) is 0 Å². The molecule has 0 aromatic heterocycles. The standard InChI is InChI=1S/C50H62O6S4/c1-7-9-11-13-15-17-23-55-49-31-48(22-20-42-27-45(35-59-39(5)53)30-46(28-42)36-60-40(6)54)50(56-24-18-16-14-12-10-8-2)32-47(49)21-19-41-25-43(33-57-37(3)51)29-44(26-41)34-58-38(4)52/h25-32H,7-18,23-24,33-36H2,1-6H3. The van der Waals surface area contributed by atoms with Gasteiger partial charge in [0.2, 0.25) is 0 Å². The monoisotopic (exact) mass is 886 g/mol. The Morgan fingerprint density at radius 2 is 0.717 bits per heavy atom. The van der Waals surface area contributed by atoms with Gasteiger partial charge in [0, 0.05) is 74.0 Å². The molecule has 0 N–H and O–H groups in total. The van der Waals surface area contributed by atoms with Crippen LogP contribution in [0.25, 0.3) is 0 Å². The molecule has 0 atom stereocenters. The third kappa shape index (κ3) is 21.8. The molecule has 0 aliphatic heterocycles. The first-order valence-electron chi connectivity index (χ1n) is 21.2. The van der Waals surface area contributed by atoms with E-state index in [0.29, 0.717) is 58.9 Å². The van der Waals surface area contributed by atoms with Gasteiger partial charge in [-0.15, -0.1) is 0 Å². The molecule has 3 aromatic carbocycles. The van der Waals surface area contributed by atoms with Gasteiger partial charge in [-0.3, -0.25) is 19.2 Å². The van der Waals surface area contributed by atoms with Gasteiger partial charge in [0.1, 0.15) is 11.5 Å². The highest BCUT2D eigenvalue weighted by Crippen LogP contribution is 2.30. The zero-order valence-electron chi connectivity index (χ0n) is 36.4. The van der Waals surface area contributed by atoms with E-state index in [4.69, 9.17) is 9.47 Å². The largest absolute Gasteiger partial charge is 0.492 e. The van der Waals surface area contributed by atoms with Crippen LogP contribution in [0.1, 0.15) is 163 Å². The molecule has 3 aromatic rings. The summed E-state index contributed by atoms with van der Waals surface area (Å²) in [6.45, 7) is 11.8. The molecule has 0 aliphatic rings. The van der Waals surface area contributed by atoms with Crippen molar-refractivity contribution in [3.05, 3.63) is 93.0 Å². The molecule has 0 amide bonds. The third-order valence-electron chi connectivity index (χ3n) is 9.15. The van der Waals surface area contributed by atoms with Crippen molar-refractivity contribution in [2.45, 2.75) is 142 Å². The normalized spacial score (nSPS) is 10.6. The van der Waals surface area contributed by atoms with Crippen LogP contribution in [0.4, 0.5) is 0 Å². The Balaban J connectivity index is 2.12. The van der Waals surface area contributed by atoms with E-state index >= 15 is 0 Å². The molecule has 10 heteroatoms. The molecule has 6 nitrogen and oxygen atoms in total. The topological polar surface area (TPSA) is 86.7 Å². The van der Waals surface area contributed by atoms with E-state index in [1.165, 1.54) is 98.4 Å². The van der Waals surface area contributed by atoms with Crippen LogP contribution >= 0.6 is 47.0 Å². The molecule has 3 rings (SSSR count). The van der Waals surface area contributed by atoms with Crippen molar-refractivity contribution in [1.82, 2.24) is 0 Å². The second kappa shape index (κ2) is 29.7. The van der Waals surface area contributed by atoms with Gasteiger partial charge in [0.25, 0.3) is 0 Å². The fourth-order valence-electron chi connectivity index (χ4n) is 6.14. The van der Waals surface area contributed by atoms with Crippen LogP contribution < -0.4 is 9.47 Å². The minimum absolute atomic E-state index is 0.0436. The predicted molar refractivity (Wildman–Crippen MR) is 257 cm³/mol. The van der Waals surface area contributed by atoms with Gasteiger partial charge in [0.15, 0.2) is 20.5 Å². The van der Waals surface area contributed by atoms with Gasteiger partial charge >= 0.3 is 0 Å². The van der Waals surface area contributed by atoms with Crippen molar-refractivity contribution in [3.8, 4) is 35.2 Å². The Bertz CT molecular complexity index is 1790. The summed E-state index contributed by atoms with van der Waals surface area (Å²) in [6, 6.07) is 16.0. The molecule has 60 heavy (non-hydrogen) atoms. The minimum Gasteiger partial charge on any atom is -0.492 e. The number of rotatable bonds is 24. The number of benzene rings is 3. The molecule has 0 spiro atoms. The maximum atomic E-state index is 11.8. The van der Waals surface area contributed by atoms with Gasteiger partial charge in [-0.2, -0.15) is 0 Å². The van der Waals surface area contributed by atoms with Gasteiger partial charge < -0.3 is 9.47 Å². The van der Waals surface area contributed by atoms with Crippen molar-refractivity contribution in [2.24, 2.45) is 0 Å². The summed E-state index contributed by atoms with van der Waals surface area (Å²) in [7, 11) is 0. The molecule has 0 unspecified atom stereocenters. The van der Waals surface area contributed by atoms with Crippen LogP contribution in [0.15, 0.2) is 48.5 Å². The Labute approximate surface area is 377 Å². The first-order valence-corrected chi connectivity index (χ1v) is 25.2. The molecule has 322 valence electrons. The van der Waals surface area contributed by atoms with Crippen molar-refractivity contribution < 1.29 is 28.7 Å². The lowest BCUT2D eigenvalue weighted by atomic mass is 10.0. The van der Waals surface area contributed by atoms with Crippen LogP contribution in [-0.4, -0.2) is 33.7 Å². The third-order valence-corrected chi connectivity index (χ3v) is 12.7. The molecule has 0 saturated heterocycles. The minimum atomic E-state index is 0.0436. The first-order chi connectivity index (χ1) is 28.9. The lowest BCUT2D eigenvalue weighted by molar-refractivity contribution is -0.109. The molecule has 0 bridgehead atoms. The van der Waals surface area contributed by atoms with Crippen molar-refractivity contribution in [2.75, 3.05) is 13.2 Å². The summed E-state index contributed by atoms with van der Waals surface area (Å²) < 4.78 is 13.0. The number of hydrogen-bond donors (Lipinski definition) is 0. The van der Waals surface area contributed by atoms with Gasteiger partial charge in [-0.05, 0) is 59.4 Å². The highest BCUT2D eigenvalue weighted by atomic mass is 32.2. The van der Waals surface area contributed by atoms with Gasteiger partial charge in [-0.25, -0.2) is 0 Å². The SMILES string of the molecule is CCCCCCCCOc1cc(C#Cc2cc(CSC(C)=O)cc(CSC(C)=O)c2)c(OCCCCCCCC)cc1C#Cc1cc(CSC(C)=O)cc(CSC(C)=O)c1. The zero-order chi connectivity index (χ0) is 43.5. The first kappa shape index (κ1) is 50.8. The Kier molecular flexibility index (Phi) is 25.1. The van der Waals surface area contributed by atoms with Crippen molar-refractivity contribution in [1.29, 1.82) is 0 Å². The predicted octanol–water partition coefficient (Wildman–Crippen LogP) is 13.1. The van der Waals surface area contributed by atoms with Gasteiger partial charge in [-0.1, -0.05) is 161 Å². The maximum Gasteiger partial charge on any atom is 0.186 e. The Hall–Kier alpha value is -3.54. The number of carbonyl (C=O) groups is 4. The van der Waals surface area contributed by atoms with Gasteiger partial charge in [0.05, 0.1) is 24.3 Å². The molecule has 0 radical (unpaired) electrons. The molecule has 0 saturated carbocycles. The van der Waals surface area contributed by atoms with E-state index in [9.17, 15) is 19.2 Å². The Morgan fingerprint density at radius 3 is 1.02 bits per heavy atom. The number of hydrogen-bond acceptors (Lipinski definition) is 10. The summed E-state index contributed by atoms with van der Waals surface area (Å²) >= 11 is 5.00. The number of carbonyl (C=O) groups excluding carboxylic acids is 4. The fourth-order valence-corrected chi connectivity index (χ4v) is 8.29. The maximum absolute atomic E-state index is 11.8. The van der Waals surface area contributed by atoms with E-state index in [2.05, 4.69) is 37.5 Å². The molecule has 0 aliphatic carbocycles. The van der Waals surface area contributed by atoms with Crippen molar-refractivity contribution >= 4 is 67.5 Å². The summed E-state index contributed by atoms with van der Waals surface area (Å²) in [6.07, 6.45) is 13.7. The summed E-state index contributed by atoms with van der Waals surface area (Å²) in [5.41, 5.74) is 6.86. The average Bonchev–Trinajstić information content (AvgIpc) is 3.21. The number of unbranched alkanes of at least 4 members (excludes halogenated alkanes) is 10. The molecule has 0 heterocycles. The summed E-state index contributed by atoms with van der Waals surface area (Å²) in [5.74, 6) is 16.9. The highest BCUT2D eigenvalue weighted by Gasteiger charge is 2.13. The van der Waals surface area contributed by atoms with E-state index < -0.39 is 0 Å². The van der Waals surface area contributed by atoms with E-state index in [1.807, 2.05) is 48.5 Å². The second-order valence-electron chi connectivity index (χ2n) is 14.8. The zero-order valence-corrected chi connectivity index (χ0v) is 39.7. The smallest absolute Gasteiger partial charge is 0.186 e. The fraction of sp³-hybridized carbons (Fsp3) is 0.480. The average molecular weight is 887 g/mol. The lowest BCUT2D eigenvalue weighted by Crippen LogP contribution is -2.03. The summed E-state index contributed by atoms with van der Waals surface area (Å²) in [5, 5.41) is 0.174. The number of thioether (sulfide) groups is 4. The van der Waals surface area contributed by atoms with E-state index in [0.717, 1.165) is 59.1 Å². The lowest BCUT2D eigenvalue weighted by Gasteiger charge is -2.14. The molecular formula is C50H62O6S4. The van der Waals surface area contributed by atoms with Crippen LogP contribution in [0.5, 0.6) is 11.5 Å². The van der Waals surface area contributed by atoms with Crippen molar-refractivity contribution in [3.63, 3.8) is 0 Å². The highest BCUT2D eigenvalue weighted by molar-refractivity contribution is 8.13. The van der Waals surface area contributed by atoms with Crippen LogP contribution in [0, 0.1) is 23.7 Å². The molecule has 0 fully saturated rings. The van der Waals surface area contributed by atoms with E-state index in [-0.39, 0.29) is 20.5 Å². The second-order valence-corrected chi connectivity index (χ2v) is 19.4.